The van der Waals surface area contributed by atoms with Crippen LogP contribution >= 0.6 is 15.9 Å². The fraction of sp³-hybridized carbons (Fsp3) is 0.353. The Hall–Kier alpha value is -1.35. The SMILES string of the molecule is CCCCCCn1c2cnccc2c2cccc(Br)c21. The Kier molecular flexibility index (Phi) is 4.06. The molecule has 20 heavy (non-hydrogen) atoms. The highest BCUT2D eigenvalue weighted by molar-refractivity contribution is 9.10. The average molecular weight is 331 g/mol. The molecule has 2 heterocycles. The number of halogens is 1. The van der Waals surface area contributed by atoms with Crippen molar-refractivity contribution in [3.8, 4) is 0 Å². The van der Waals surface area contributed by atoms with Crippen LogP contribution in [0.25, 0.3) is 21.8 Å². The monoisotopic (exact) mass is 330 g/mol. The average Bonchev–Trinajstić information content (AvgIpc) is 2.80. The van der Waals surface area contributed by atoms with E-state index in [1.165, 1.54) is 52.0 Å². The maximum atomic E-state index is 4.31. The number of unbranched alkanes of at least 4 members (excludes halogenated alkanes) is 3. The minimum absolute atomic E-state index is 1.06. The van der Waals surface area contributed by atoms with Crippen molar-refractivity contribution in [1.29, 1.82) is 0 Å². The van der Waals surface area contributed by atoms with Gasteiger partial charge in [-0.3, -0.25) is 4.98 Å². The lowest BCUT2D eigenvalue weighted by Gasteiger charge is -2.08. The number of hydrogen-bond donors (Lipinski definition) is 0. The van der Waals surface area contributed by atoms with E-state index in [4.69, 9.17) is 0 Å². The highest BCUT2D eigenvalue weighted by Crippen LogP contribution is 2.33. The first kappa shape index (κ1) is 13.6. The Balaban J connectivity index is 2.11. The van der Waals surface area contributed by atoms with Crippen LogP contribution in [-0.2, 0) is 6.54 Å². The number of rotatable bonds is 5. The van der Waals surface area contributed by atoms with Gasteiger partial charge in [0, 0.05) is 28.0 Å². The van der Waals surface area contributed by atoms with Crippen LogP contribution in [0.2, 0.25) is 0 Å². The summed E-state index contributed by atoms with van der Waals surface area (Å²) in [4.78, 5) is 4.31. The van der Waals surface area contributed by atoms with Gasteiger partial charge >= 0.3 is 0 Å². The van der Waals surface area contributed by atoms with E-state index in [1.54, 1.807) is 0 Å². The molecular weight excluding hydrogens is 312 g/mol. The van der Waals surface area contributed by atoms with Crippen LogP contribution < -0.4 is 0 Å². The van der Waals surface area contributed by atoms with Crippen molar-refractivity contribution >= 4 is 37.7 Å². The Morgan fingerprint density at radius 2 is 2.00 bits per heavy atom. The third-order valence-electron chi connectivity index (χ3n) is 3.87. The summed E-state index contributed by atoms with van der Waals surface area (Å²) in [6.45, 7) is 3.31. The fourth-order valence-electron chi connectivity index (χ4n) is 2.89. The van der Waals surface area contributed by atoms with E-state index in [9.17, 15) is 0 Å². The van der Waals surface area contributed by atoms with E-state index >= 15 is 0 Å². The quantitative estimate of drug-likeness (QED) is 0.562. The molecule has 0 amide bonds. The van der Waals surface area contributed by atoms with Gasteiger partial charge in [0.2, 0.25) is 0 Å². The zero-order valence-corrected chi connectivity index (χ0v) is 13.4. The Bertz CT molecular complexity index is 730. The smallest absolute Gasteiger partial charge is 0.0678 e. The third-order valence-corrected chi connectivity index (χ3v) is 4.51. The normalized spacial score (nSPS) is 11.5. The first-order valence-electron chi connectivity index (χ1n) is 7.33. The van der Waals surface area contributed by atoms with Gasteiger partial charge in [-0.25, -0.2) is 0 Å². The van der Waals surface area contributed by atoms with Gasteiger partial charge in [0.25, 0.3) is 0 Å². The topological polar surface area (TPSA) is 17.8 Å². The molecule has 2 aromatic heterocycles. The number of aromatic nitrogens is 2. The molecule has 1 aromatic carbocycles. The molecule has 0 aliphatic heterocycles. The second kappa shape index (κ2) is 5.96. The summed E-state index contributed by atoms with van der Waals surface area (Å²) in [7, 11) is 0. The fourth-order valence-corrected chi connectivity index (χ4v) is 3.47. The molecule has 0 fully saturated rings. The van der Waals surface area contributed by atoms with Gasteiger partial charge in [-0.2, -0.15) is 0 Å². The molecule has 2 nitrogen and oxygen atoms in total. The number of fused-ring (bicyclic) bond motifs is 3. The molecule has 0 bridgehead atoms. The maximum absolute atomic E-state index is 4.31. The van der Waals surface area contributed by atoms with Crippen LogP contribution in [0.15, 0.2) is 41.1 Å². The highest BCUT2D eigenvalue weighted by atomic mass is 79.9. The molecule has 3 heteroatoms. The lowest BCUT2D eigenvalue weighted by molar-refractivity contribution is 0.602. The van der Waals surface area contributed by atoms with Crippen LogP contribution in [0.5, 0.6) is 0 Å². The third kappa shape index (κ3) is 2.35. The molecule has 0 saturated carbocycles. The van der Waals surface area contributed by atoms with Crippen molar-refractivity contribution in [3.05, 3.63) is 41.1 Å². The summed E-state index contributed by atoms with van der Waals surface area (Å²) in [6, 6.07) is 8.54. The maximum Gasteiger partial charge on any atom is 0.0678 e. The molecule has 0 aliphatic rings. The van der Waals surface area contributed by atoms with E-state index in [0.717, 1.165) is 6.54 Å². The van der Waals surface area contributed by atoms with Gasteiger partial charge in [0.15, 0.2) is 0 Å². The second-order valence-electron chi connectivity index (χ2n) is 5.24. The van der Waals surface area contributed by atoms with E-state index < -0.39 is 0 Å². The van der Waals surface area contributed by atoms with Gasteiger partial charge in [-0.1, -0.05) is 38.3 Å². The van der Waals surface area contributed by atoms with Crippen LogP contribution in [0.1, 0.15) is 32.6 Å². The molecule has 0 radical (unpaired) electrons. The van der Waals surface area contributed by atoms with Gasteiger partial charge in [-0.15, -0.1) is 0 Å². The van der Waals surface area contributed by atoms with E-state index in [1.807, 2.05) is 12.4 Å². The number of benzene rings is 1. The molecule has 0 saturated heterocycles. The number of aryl methyl sites for hydroxylation is 1. The number of para-hydroxylation sites is 1. The predicted molar refractivity (Wildman–Crippen MR) is 89.1 cm³/mol. The summed E-state index contributed by atoms with van der Waals surface area (Å²) in [5.74, 6) is 0. The lowest BCUT2D eigenvalue weighted by atomic mass is 10.2. The van der Waals surface area contributed by atoms with Gasteiger partial charge in [-0.05, 0) is 34.5 Å². The Morgan fingerprint density at radius 1 is 1.10 bits per heavy atom. The van der Waals surface area contributed by atoms with Gasteiger partial charge < -0.3 is 4.57 Å². The van der Waals surface area contributed by atoms with Crippen LogP contribution in [0.4, 0.5) is 0 Å². The zero-order chi connectivity index (χ0) is 13.9. The second-order valence-corrected chi connectivity index (χ2v) is 6.10. The summed E-state index contributed by atoms with van der Waals surface area (Å²) >= 11 is 3.71. The molecular formula is C17H19BrN2. The summed E-state index contributed by atoms with van der Waals surface area (Å²) in [5.41, 5.74) is 2.54. The van der Waals surface area contributed by atoms with Gasteiger partial charge in [0.05, 0.1) is 17.2 Å². The molecule has 104 valence electrons. The summed E-state index contributed by atoms with van der Waals surface area (Å²) < 4.78 is 3.58. The van der Waals surface area contributed by atoms with Crippen LogP contribution in [0, 0.1) is 0 Å². The molecule has 0 spiro atoms. The zero-order valence-electron chi connectivity index (χ0n) is 11.8. The first-order valence-corrected chi connectivity index (χ1v) is 8.12. The van der Waals surface area contributed by atoms with Crippen LogP contribution in [0.3, 0.4) is 0 Å². The predicted octanol–water partition coefficient (Wildman–Crippen LogP) is 5.53. The Labute approximate surface area is 127 Å². The van der Waals surface area contributed by atoms with E-state index in [-0.39, 0.29) is 0 Å². The summed E-state index contributed by atoms with van der Waals surface area (Å²) in [6.07, 6.45) is 8.98. The number of nitrogens with zero attached hydrogens (tertiary/aromatic N) is 2. The molecule has 0 aliphatic carbocycles. The molecule has 0 unspecified atom stereocenters. The van der Waals surface area contributed by atoms with Crippen LogP contribution in [-0.4, -0.2) is 9.55 Å². The number of pyridine rings is 1. The van der Waals surface area contributed by atoms with E-state index in [0.29, 0.717) is 0 Å². The largest absolute Gasteiger partial charge is 0.338 e. The Morgan fingerprint density at radius 3 is 2.85 bits per heavy atom. The number of hydrogen-bond acceptors (Lipinski definition) is 1. The molecule has 3 aromatic rings. The van der Waals surface area contributed by atoms with E-state index in [2.05, 4.69) is 56.7 Å². The molecule has 0 N–H and O–H groups in total. The highest BCUT2D eigenvalue weighted by Gasteiger charge is 2.12. The van der Waals surface area contributed by atoms with Crippen molar-refractivity contribution in [3.63, 3.8) is 0 Å². The minimum Gasteiger partial charge on any atom is -0.338 e. The lowest BCUT2D eigenvalue weighted by Crippen LogP contribution is -1.98. The summed E-state index contributed by atoms with van der Waals surface area (Å²) in [5, 5.41) is 2.61. The first-order chi connectivity index (χ1) is 9.83. The molecule has 0 atom stereocenters. The van der Waals surface area contributed by atoms with Gasteiger partial charge in [0.1, 0.15) is 0 Å². The van der Waals surface area contributed by atoms with Crippen molar-refractivity contribution in [2.45, 2.75) is 39.2 Å². The molecule has 3 rings (SSSR count). The standard InChI is InChI=1S/C17H19BrN2/c1-2-3-4-5-11-20-16-12-19-10-9-13(16)14-7-6-8-15(18)17(14)20/h6-10,12H,2-5,11H2,1H3. The van der Waals surface area contributed by atoms with Crippen molar-refractivity contribution < 1.29 is 0 Å². The van der Waals surface area contributed by atoms with Crippen molar-refractivity contribution in [1.82, 2.24) is 9.55 Å². The van der Waals surface area contributed by atoms with Crippen molar-refractivity contribution in [2.75, 3.05) is 0 Å². The van der Waals surface area contributed by atoms with Crippen molar-refractivity contribution in [2.24, 2.45) is 0 Å². The minimum atomic E-state index is 1.06.